The Kier molecular flexibility index (Phi) is 2.07. The summed E-state index contributed by atoms with van der Waals surface area (Å²) in [6, 6.07) is 3.60. The second kappa shape index (κ2) is 3.48. The standard InChI is InChI=1S/C12H13N3O2/c1-2-3-6-7-4-9-10(15-12(17)14-9)5-8(7)13-11(6)16/h4-6H,2-3H2,1H3,(H,13,16)(H2,14,15,17). The maximum absolute atomic E-state index is 11.8. The summed E-state index contributed by atoms with van der Waals surface area (Å²) >= 11 is 0. The lowest BCUT2D eigenvalue weighted by Gasteiger charge is -2.05. The molecule has 0 bridgehead atoms. The van der Waals surface area contributed by atoms with Gasteiger partial charge in [0, 0.05) is 5.69 Å². The van der Waals surface area contributed by atoms with Crippen LogP contribution in [0.25, 0.3) is 11.0 Å². The molecule has 0 saturated carbocycles. The zero-order chi connectivity index (χ0) is 12.0. The summed E-state index contributed by atoms with van der Waals surface area (Å²) in [4.78, 5) is 18.5. The molecular weight excluding hydrogens is 218 g/mol. The van der Waals surface area contributed by atoms with Crippen molar-refractivity contribution in [1.82, 2.24) is 9.97 Å². The van der Waals surface area contributed by atoms with Gasteiger partial charge in [0.25, 0.3) is 6.01 Å². The fourth-order valence-electron chi connectivity index (χ4n) is 2.39. The quantitative estimate of drug-likeness (QED) is 0.740. The van der Waals surface area contributed by atoms with E-state index in [9.17, 15) is 9.90 Å². The van der Waals surface area contributed by atoms with Crippen LogP contribution in [0.1, 0.15) is 31.2 Å². The summed E-state index contributed by atoms with van der Waals surface area (Å²) in [5, 5.41) is 12.2. The van der Waals surface area contributed by atoms with Crippen molar-refractivity contribution in [1.29, 1.82) is 0 Å². The molecule has 5 nitrogen and oxygen atoms in total. The van der Waals surface area contributed by atoms with E-state index in [-0.39, 0.29) is 17.8 Å². The van der Waals surface area contributed by atoms with E-state index >= 15 is 0 Å². The summed E-state index contributed by atoms with van der Waals surface area (Å²) in [6.45, 7) is 2.06. The Labute approximate surface area is 97.9 Å². The van der Waals surface area contributed by atoms with Gasteiger partial charge in [-0.3, -0.25) is 4.79 Å². The SMILES string of the molecule is CCCC1C(=O)Nc2cc3[nH]c(O)nc3cc21. The Morgan fingerprint density at radius 3 is 3.06 bits per heavy atom. The lowest BCUT2D eigenvalue weighted by atomic mass is 9.96. The predicted molar refractivity (Wildman–Crippen MR) is 64.0 cm³/mol. The van der Waals surface area contributed by atoms with Gasteiger partial charge in [-0.15, -0.1) is 0 Å². The molecule has 1 aromatic carbocycles. The number of hydrogen-bond acceptors (Lipinski definition) is 3. The maximum Gasteiger partial charge on any atom is 0.292 e. The second-order valence-corrected chi connectivity index (χ2v) is 4.35. The maximum atomic E-state index is 11.8. The molecule has 2 heterocycles. The van der Waals surface area contributed by atoms with Gasteiger partial charge in [0.1, 0.15) is 0 Å². The number of benzene rings is 1. The van der Waals surface area contributed by atoms with Crippen LogP contribution >= 0.6 is 0 Å². The Morgan fingerprint density at radius 1 is 1.47 bits per heavy atom. The molecule has 1 aromatic heterocycles. The number of amides is 1. The first kappa shape index (κ1) is 10.1. The van der Waals surface area contributed by atoms with Gasteiger partial charge >= 0.3 is 0 Å². The largest absolute Gasteiger partial charge is 0.480 e. The molecule has 1 atom stereocenters. The molecule has 0 saturated heterocycles. The average Bonchev–Trinajstić information content (AvgIpc) is 2.76. The minimum atomic E-state index is -0.0953. The van der Waals surface area contributed by atoms with Crippen molar-refractivity contribution in [3.8, 4) is 6.01 Å². The number of nitrogens with zero attached hydrogens (tertiary/aromatic N) is 1. The van der Waals surface area contributed by atoms with Gasteiger partial charge < -0.3 is 15.4 Å². The van der Waals surface area contributed by atoms with Crippen molar-refractivity contribution in [2.75, 3.05) is 5.32 Å². The van der Waals surface area contributed by atoms with E-state index in [1.54, 1.807) is 0 Å². The third-order valence-corrected chi connectivity index (χ3v) is 3.17. The number of nitrogens with one attached hydrogen (secondary N) is 2. The molecule has 1 aliphatic heterocycles. The molecule has 1 unspecified atom stereocenters. The smallest absolute Gasteiger partial charge is 0.292 e. The van der Waals surface area contributed by atoms with Crippen LogP contribution in [-0.4, -0.2) is 21.0 Å². The zero-order valence-electron chi connectivity index (χ0n) is 9.45. The van der Waals surface area contributed by atoms with Crippen LogP contribution in [0.2, 0.25) is 0 Å². The molecule has 3 N–H and O–H groups in total. The monoisotopic (exact) mass is 231 g/mol. The molecule has 0 fully saturated rings. The van der Waals surface area contributed by atoms with Crippen molar-refractivity contribution < 1.29 is 9.90 Å². The Bertz CT molecular complexity index is 603. The molecule has 5 heteroatoms. The van der Waals surface area contributed by atoms with Gasteiger partial charge in [-0.1, -0.05) is 13.3 Å². The number of imidazole rings is 1. The lowest BCUT2D eigenvalue weighted by molar-refractivity contribution is -0.117. The first-order chi connectivity index (χ1) is 8.19. The second-order valence-electron chi connectivity index (χ2n) is 4.35. The van der Waals surface area contributed by atoms with Gasteiger partial charge in [0.15, 0.2) is 0 Å². The van der Waals surface area contributed by atoms with E-state index in [4.69, 9.17) is 0 Å². The summed E-state index contributed by atoms with van der Waals surface area (Å²) < 4.78 is 0. The number of carbonyl (C=O) groups excluding carboxylic acids is 1. The molecule has 88 valence electrons. The van der Waals surface area contributed by atoms with Gasteiger partial charge in [-0.25, -0.2) is 0 Å². The number of aromatic nitrogens is 2. The number of fused-ring (bicyclic) bond motifs is 2. The highest BCUT2D eigenvalue weighted by atomic mass is 16.3. The lowest BCUT2D eigenvalue weighted by Crippen LogP contribution is -2.11. The van der Waals surface area contributed by atoms with E-state index in [2.05, 4.69) is 22.2 Å². The van der Waals surface area contributed by atoms with Crippen LogP contribution in [0.5, 0.6) is 6.01 Å². The van der Waals surface area contributed by atoms with Crippen LogP contribution in [-0.2, 0) is 4.79 Å². The highest BCUT2D eigenvalue weighted by Crippen LogP contribution is 2.37. The third-order valence-electron chi connectivity index (χ3n) is 3.17. The van der Waals surface area contributed by atoms with Crippen molar-refractivity contribution in [3.05, 3.63) is 17.7 Å². The van der Waals surface area contributed by atoms with Crippen molar-refractivity contribution >= 4 is 22.6 Å². The van der Waals surface area contributed by atoms with Crippen LogP contribution in [0, 0.1) is 0 Å². The molecule has 1 aliphatic rings. The minimum Gasteiger partial charge on any atom is -0.480 e. The van der Waals surface area contributed by atoms with Crippen molar-refractivity contribution in [3.63, 3.8) is 0 Å². The summed E-state index contributed by atoms with van der Waals surface area (Å²) in [5.74, 6) is -0.0306. The summed E-state index contributed by atoms with van der Waals surface area (Å²) in [6.07, 6.45) is 1.79. The fourth-order valence-corrected chi connectivity index (χ4v) is 2.39. The Balaban J connectivity index is 2.15. The fraction of sp³-hybridized carbons (Fsp3) is 0.333. The number of carbonyl (C=O) groups is 1. The first-order valence-electron chi connectivity index (χ1n) is 5.72. The van der Waals surface area contributed by atoms with Gasteiger partial charge in [0.05, 0.1) is 17.0 Å². The summed E-state index contributed by atoms with van der Waals surface area (Å²) in [5.41, 5.74) is 3.23. The molecule has 0 radical (unpaired) electrons. The Morgan fingerprint density at radius 2 is 2.29 bits per heavy atom. The van der Waals surface area contributed by atoms with E-state index in [0.717, 1.165) is 29.6 Å². The van der Waals surface area contributed by atoms with Gasteiger partial charge in [-0.05, 0) is 24.1 Å². The normalized spacial score (nSPS) is 18.4. The molecule has 17 heavy (non-hydrogen) atoms. The van der Waals surface area contributed by atoms with E-state index in [0.29, 0.717) is 5.52 Å². The highest BCUT2D eigenvalue weighted by molar-refractivity contribution is 6.05. The number of anilines is 1. The van der Waals surface area contributed by atoms with Crippen LogP contribution in [0.15, 0.2) is 12.1 Å². The van der Waals surface area contributed by atoms with E-state index < -0.39 is 0 Å². The van der Waals surface area contributed by atoms with Gasteiger partial charge in [0.2, 0.25) is 5.91 Å². The highest BCUT2D eigenvalue weighted by Gasteiger charge is 2.30. The minimum absolute atomic E-state index is 0.0544. The topological polar surface area (TPSA) is 78.0 Å². The predicted octanol–water partition coefficient (Wildman–Crippen LogP) is 2.10. The number of H-pyrrole nitrogens is 1. The number of aromatic hydroxyl groups is 1. The molecule has 1 amide bonds. The number of aromatic amines is 1. The number of hydrogen-bond donors (Lipinski definition) is 3. The van der Waals surface area contributed by atoms with Crippen molar-refractivity contribution in [2.24, 2.45) is 0 Å². The van der Waals surface area contributed by atoms with Crippen LogP contribution in [0.3, 0.4) is 0 Å². The molecule has 2 aromatic rings. The first-order valence-corrected chi connectivity index (χ1v) is 5.72. The van der Waals surface area contributed by atoms with E-state index in [1.807, 2.05) is 12.1 Å². The van der Waals surface area contributed by atoms with Crippen LogP contribution < -0.4 is 5.32 Å². The third kappa shape index (κ3) is 1.46. The molecule has 0 spiro atoms. The Hall–Kier alpha value is -2.04. The zero-order valence-corrected chi connectivity index (χ0v) is 9.45. The number of rotatable bonds is 2. The van der Waals surface area contributed by atoms with Crippen molar-refractivity contribution in [2.45, 2.75) is 25.7 Å². The molecule has 3 rings (SSSR count). The average molecular weight is 231 g/mol. The molecule has 0 aliphatic carbocycles. The van der Waals surface area contributed by atoms with Gasteiger partial charge in [-0.2, -0.15) is 4.98 Å². The molecular formula is C12H13N3O2. The van der Waals surface area contributed by atoms with E-state index in [1.165, 1.54) is 0 Å². The summed E-state index contributed by atoms with van der Waals surface area (Å²) in [7, 11) is 0. The van der Waals surface area contributed by atoms with Crippen LogP contribution in [0.4, 0.5) is 5.69 Å².